The summed E-state index contributed by atoms with van der Waals surface area (Å²) in [6, 6.07) is 17.9. The van der Waals surface area contributed by atoms with E-state index >= 15 is 0 Å². The number of hydrogen-bond donors (Lipinski definition) is 1. The summed E-state index contributed by atoms with van der Waals surface area (Å²) in [5.41, 5.74) is 2.66. The van der Waals surface area contributed by atoms with Crippen LogP contribution in [0.2, 0.25) is 0 Å². The molecule has 0 spiro atoms. The zero-order valence-electron chi connectivity index (χ0n) is 18.6. The maximum Gasteiger partial charge on any atom is 0.261 e. The molecule has 1 fully saturated rings. The van der Waals surface area contributed by atoms with E-state index in [9.17, 15) is 9.59 Å². The van der Waals surface area contributed by atoms with Gasteiger partial charge in [-0.25, -0.2) is 0 Å². The van der Waals surface area contributed by atoms with Gasteiger partial charge in [0.2, 0.25) is 0 Å². The van der Waals surface area contributed by atoms with Gasteiger partial charge in [0, 0.05) is 31.7 Å². The Hall–Kier alpha value is -2.21. The van der Waals surface area contributed by atoms with Crippen LogP contribution in [-0.4, -0.2) is 49.6 Å². The third-order valence-corrected chi connectivity index (χ3v) is 6.66. The van der Waals surface area contributed by atoms with Crippen LogP contribution in [0.25, 0.3) is 0 Å². The van der Waals surface area contributed by atoms with E-state index in [0.29, 0.717) is 17.7 Å². The van der Waals surface area contributed by atoms with Gasteiger partial charge in [-0.2, -0.15) is 0 Å². The van der Waals surface area contributed by atoms with Crippen LogP contribution in [0.15, 0.2) is 54.6 Å². The Morgan fingerprint density at radius 2 is 1.41 bits per heavy atom. The molecule has 6 heteroatoms. The molecule has 0 aromatic heterocycles. The number of imide groups is 1. The fraction of sp³-hybridized carbons (Fsp3) is 0.462. The van der Waals surface area contributed by atoms with E-state index in [1.807, 2.05) is 12.1 Å². The van der Waals surface area contributed by atoms with E-state index in [1.54, 1.807) is 12.1 Å². The number of benzene rings is 2. The van der Waals surface area contributed by atoms with Crippen LogP contribution in [-0.2, 0) is 10.2 Å². The molecule has 2 amide bonds. The first-order valence-corrected chi connectivity index (χ1v) is 11.5. The van der Waals surface area contributed by atoms with Crippen molar-refractivity contribution in [3.63, 3.8) is 0 Å². The minimum Gasteiger partial charge on any atom is -0.381 e. The number of ether oxygens (including phenoxy) is 1. The van der Waals surface area contributed by atoms with E-state index in [4.69, 9.17) is 4.74 Å². The molecule has 0 atom stereocenters. The average molecular weight is 457 g/mol. The zero-order valence-corrected chi connectivity index (χ0v) is 19.4. The zero-order chi connectivity index (χ0) is 21.5. The number of halogens is 1. The summed E-state index contributed by atoms with van der Waals surface area (Å²) < 4.78 is 5.62. The van der Waals surface area contributed by atoms with Crippen molar-refractivity contribution in [2.45, 2.75) is 43.9 Å². The number of nitrogens with one attached hydrogen (secondary N) is 1. The highest BCUT2D eigenvalue weighted by Crippen LogP contribution is 2.34. The Bertz CT molecular complexity index is 862. The van der Waals surface area contributed by atoms with Gasteiger partial charge < -0.3 is 10.1 Å². The van der Waals surface area contributed by atoms with Gasteiger partial charge in [-0.1, -0.05) is 55.3 Å². The number of hydrogen-bond acceptors (Lipinski definition) is 4. The first-order valence-electron chi connectivity index (χ1n) is 11.5. The summed E-state index contributed by atoms with van der Waals surface area (Å²) >= 11 is 0. The highest BCUT2D eigenvalue weighted by molar-refractivity contribution is 6.21. The van der Waals surface area contributed by atoms with Crippen LogP contribution in [0.1, 0.15) is 64.8 Å². The van der Waals surface area contributed by atoms with E-state index in [0.717, 1.165) is 64.8 Å². The number of nitrogens with zero attached hydrogens (tertiary/aromatic N) is 1. The molecule has 4 rings (SSSR count). The lowest BCUT2D eigenvalue weighted by atomic mass is 9.74. The smallest absolute Gasteiger partial charge is 0.261 e. The summed E-state index contributed by atoms with van der Waals surface area (Å²) in [5.74, 6) is -0.296. The molecular formula is C26H33ClN2O3. The molecule has 0 saturated carbocycles. The highest BCUT2D eigenvalue weighted by Gasteiger charge is 2.35. The minimum absolute atomic E-state index is 0. The van der Waals surface area contributed by atoms with Crippen molar-refractivity contribution in [2.75, 3.05) is 32.8 Å². The number of amides is 2. The Labute approximate surface area is 196 Å². The van der Waals surface area contributed by atoms with Crippen molar-refractivity contribution in [3.05, 3.63) is 71.3 Å². The van der Waals surface area contributed by atoms with Crippen molar-refractivity contribution >= 4 is 24.2 Å². The molecule has 1 N–H and O–H groups in total. The molecule has 2 aromatic rings. The van der Waals surface area contributed by atoms with Crippen LogP contribution in [0.4, 0.5) is 0 Å². The maximum absolute atomic E-state index is 12.4. The van der Waals surface area contributed by atoms with Crippen molar-refractivity contribution in [1.29, 1.82) is 0 Å². The van der Waals surface area contributed by atoms with Crippen LogP contribution < -0.4 is 5.32 Å². The van der Waals surface area contributed by atoms with Gasteiger partial charge in [0.25, 0.3) is 11.8 Å². The molecule has 0 bridgehead atoms. The number of carbonyl (C=O) groups is 2. The Morgan fingerprint density at radius 1 is 0.812 bits per heavy atom. The van der Waals surface area contributed by atoms with Crippen LogP contribution >= 0.6 is 12.4 Å². The first-order chi connectivity index (χ1) is 15.2. The minimum atomic E-state index is -0.148. The molecule has 172 valence electrons. The summed E-state index contributed by atoms with van der Waals surface area (Å²) in [6.07, 6.45) is 6.19. The van der Waals surface area contributed by atoms with Gasteiger partial charge in [-0.3, -0.25) is 14.5 Å². The van der Waals surface area contributed by atoms with E-state index in [2.05, 4.69) is 35.6 Å². The normalized spacial score (nSPS) is 17.2. The van der Waals surface area contributed by atoms with Gasteiger partial charge in [0.05, 0.1) is 11.1 Å². The lowest BCUT2D eigenvalue weighted by Crippen LogP contribution is -2.43. The number of rotatable bonds is 10. The van der Waals surface area contributed by atoms with Crippen molar-refractivity contribution in [3.8, 4) is 0 Å². The fourth-order valence-electron chi connectivity index (χ4n) is 4.76. The second-order valence-electron chi connectivity index (χ2n) is 8.66. The molecule has 2 aliphatic rings. The predicted octanol–water partition coefficient (Wildman–Crippen LogP) is 4.60. The third-order valence-electron chi connectivity index (χ3n) is 6.66. The largest absolute Gasteiger partial charge is 0.381 e. The van der Waals surface area contributed by atoms with Gasteiger partial charge in [0.1, 0.15) is 0 Å². The average Bonchev–Trinajstić information content (AvgIpc) is 3.07. The van der Waals surface area contributed by atoms with Gasteiger partial charge in [0.15, 0.2) is 0 Å². The standard InChI is InChI=1S/C26H32N2O3.ClH/c29-24-22-12-6-7-13-23(22)25(30)28(24)17-9-2-1-8-16-27-20-26(14-18-31-19-15-26)21-10-4-3-5-11-21;/h3-7,10-13,27H,1-2,8-9,14-20H2;1H. The Kier molecular flexibility index (Phi) is 8.85. The predicted molar refractivity (Wildman–Crippen MR) is 129 cm³/mol. The molecule has 0 radical (unpaired) electrons. The van der Waals surface area contributed by atoms with Crippen LogP contribution in [0.3, 0.4) is 0 Å². The monoisotopic (exact) mass is 456 g/mol. The van der Waals surface area contributed by atoms with Gasteiger partial charge in [-0.15, -0.1) is 12.4 Å². The number of fused-ring (bicyclic) bond motifs is 1. The van der Waals surface area contributed by atoms with Gasteiger partial charge >= 0.3 is 0 Å². The quantitative estimate of drug-likeness (QED) is 0.419. The topological polar surface area (TPSA) is 58.6 Å². The lowest BCUT2D eigenvalue weighted by molar-refractivity contribution is 0.0499. The highest BCUT2D eigenvalue weighted by atomic mass is 35.5. The molecule has 2 heterocycles. The molecule has 2 aromatic carbocycles. The second kappa shape index (κ2) is 11.6. The molecule has 0 unspecified atom stereocenters. The SMILES string of the molecule is Cl.O=C1c2ccccc2C(=O)N1CCCCCCNCC1(c2ccccc2)CCOCC1. The van der Waals surface area contributed by atoms with Crippen molar-refractivity contribution in [1.82, 2.24) is 10.2 Å². The lowest BCUT2D eigenvalue weighted by Gasteiger charge is -2.38. The number of carbonyl (C=O) groups excluding carboxylic acids is 2. The van der Waals surface area contributed by atoms with E-state index in [1.165, 1.54) is 10.5 Å². The molecule has 1 saturated heterocycles. The van der Waals surface area contributed by atoms with Crippen molar-refractivity contribution < 1.29 is 14.3 Å². The van der Waals surface area contributed by atoms with Gasteiger partial charge in [-0.05, 0) is 49.9 Å². The molecule has 32 heavy (non-hydrogen) atoms. The molecular weight excluding hydrogens is 424 g/mol. The summed E-state index contributed by atoms with van der Waals surface area (Å²) in [7, 11) is 0. The van der Waals surface area contributed by atoms with E-state index < -0.39 is 0 Å². The summed E-state index contributed by atoms with van der Waals surface area (Å²) in [5, 5.41) is 3.68. The van der Waals surface area contributed by atoms with Crippen LogP contribution in [0, 0.1) is 0 Å². The van der Waals surface area contributed by atoms with E-state index in [-0.39, 0.29) is 29.6 Å². The second-order valence-corrected chi connectivity index (χ2v) is 8.66. The molecule has 5 nitrogen and oxygen atoms in total. The Balaban J connectivity index is 0.00000289. The third kappa shape index (κ3) is 5.40. The summed E-state index contributed by atoms with van der Waals surface area (Å²) in [4.78, 5) is 26.2. The maximum atomic E-state index is 12.4. The van der Waals surface area contributed by atoms with Crippen molar-refractivity contribution in [2.24, 2.45) is 0 Å². The number of unbranched alkanes of at least 4 members (excludes halogenated alkanes) is 3. The Morgan fingerprint density at radius 3 is 2.06 bits per heavy atom. The molecule has 2 aliphatic heterocycles. The fourth-order valence-corrected chi connectivity index (χ4v) is 4.76. The summed E-state index contributed by atoms with van der Waals surface area (Å²) in [6.45, 7) is 4.14. The van der Waals surface area contributed by atoms with Crippen LogP contribution in [0.5, 0.6) is 0 Å². The first kappa shape index (κ1) is 24.4. The molecule has 0 aliphatic carbocycles.